The quantitative estimate of drug-likeness (QED) is 0.806. The SMILES string of the molecule is CC(OS(C)(=O)=O)c1cn2cc(C3CC3)ccc2n1. The lowest BCUT2D eigenvalue weighted by Crippen LogP contribution is -2.07. The monoisotopic (exact) mass is 280 g/mol. The second kappa shape index (κ2) is 4.31. The standard InChI is InChI=1S/C13H16N2O3S/c1-9(18-19(2,16)17)12-8-15-7-11(10-3-4-10)5-6-13(15)14-12/h5-10H,3-4H2,1-2H3. The van der Waals surface area contributed by atoms with Crippen molar-refractivity contribution in [3.63, 3.8) is 0 Å². The Morgan fingerprint density at radius 2 is 2.11 bits per heavy atom. The Balaban J connectivity index is 1.92. The molecule has 3 rings (SSSR count). The van der Waals surface area contributed by atoms with E-state index in [0.717, 1.165) is 11.9 Å². The van der Waals surface area contributed by atoms with Crippen LogP contribution in [-0.2, 0) is 14.3 Å². The first-order chi connectivity index (χ1) is 8.92. The summed E-state index contributed by atoms with van der Waals surface area (Å²) in [6.07, 6.45) is 6.87. The van der Waals surface area contributed by atoms with Crippen molar-refractivity contribution >= 4 is 15.8 Å². The van der Waals surface area contributed by atoms with Crippen LogP contribution in [0.1, 0.15) is 43.0 Å². The van der Waals surface area contributed by atoms with Crippen LogP contribution >= 0.6 is 0 Å². The maximum Gasteiger partial charge on any atom is 0.265 e. The van der Waals surface area contributed by atoms with Gasteiger partial charge in [-0.25, -0.2) is 4.98 Å². The molecule has 2 aromatic rings. The first kappa shape index (κ1) is 12.6. The predicted octanol–water partition coefficient (Wildman–Crippen LogP) is 2.25. The number of nitrogens with zero attached hydrogens (tertiary/aromatic N) is 2. The molecule has 1 fully saturated rings. The normalized spacial score (nSPS) is 17.8. The topological polar surface area (TPSA) is 60.7 Å². The molecule has 1 unspecified atom stereocenters. The molecule has 2 heterocycles. The molecule has 5 nitrogen and oxygen atoms in total. The van der Waals surface area contributed by atoms with Crippen LogP contribution in [0.5, 0.6) is 0 Å². The van der Waals surface area contributed by atoms with Crippen LogP contribution in [0, 0.1) is 0 Å². The Morgan fingerprint density at radius 1 is 1.37 bits per heavy atom. The minimum Gasteiger partial charge on any atom is -0.306 e. The largest absolute Gasteiger partial charge is 0.306 e. The van der Waals surface area contributed by atoms with Crippen LogP contribution in [0.3, 0.4) is 0 Å². The molecule has 19 heavy (non-hydrogen) atoms. The van der Waals surface area contributed by atoms with Crippen molar-refractivity contribution in [2.75, 3.05) is 6.26 Å². The van der Waals surface area contributed by atoms with E-state index in [1.807, 2.05) is 16.7 Å². The summed E-state index contributed by atoms with van der Waals surface area (Å²) in [6, 6.07) is 4.05. The molecule has 0 bridgehead atoms. The van der Waals surface area contributed by atoms with Gasteiger partial charge in [0.25, 0.3) is 10.1 Å². The lowest BCUT2D eigenvalue weighted by Gasteiger charge is -2.06. The molecule has 0 aromatic carbocycles. The number of rotatable bonds is 4. The third kappa shape index (κ3) is 2.79. The molecule has 1 saturated carbocycles. The van der Waals surface area contributed by atoms with E-state index in [4.69, 9.17) is 4.18 Å². The van der Waals surface area contributed by atoms with Crippen molar-refractivity contribution in [3.05, 3.63) is 35.8 Å². The van der Waals surface area contributed by atoms with Crippen LogP contribution in [-0.4, -0.2) is 24.1 Å². The maximum absolute atomic E-state index is 11.1. The first-order valence-electron chi connectivity index (χ1n) is 6.29. The average molecular weight is 280 g/mol. The van der Waals surface area contributed by atoms with Crippen molar-refractivity contribution < 1.29 is 12.6 Å². The number of fused-ring (bicyclic) bond motifs is 1. The molecule has 102 valence electrons. The van der Waals surface area contributed by atoms with Crippen molar-refractivity contribution in [1.82, 2.24) is 9.38 Å². The minimum atomic E-state index is -3.47. The summed E-state index contributed by atoms with van der Waals surface area (Å²) in [4.78, 5) is 4.39. The minimum absolute atomic E-state index is 0.570. The Kier molecular flexibility index (Phi) is 2.87. The van der Waals surface area contributed by atoms with Crippen LogP contribution < -0.4 is 0 Å². The second-order valence-electron chi connectivity index (χ2n) is 5.11. The number of pyridine rings is 1. The summed E-state index contributed by atoms with van der Waals surface area (Å²) in [5.74, 6) is 0.681. The molecule has 1 aliphatic rings. The highest BCUT2D eigenvalue weighted by Crippen LogP contribution is 2.39. The van der Waals surface area contributed by atoms with Gasteiger partial charge in [-0.1, -0.05) is 6.07 Å². The van der Waals surface area contributed by atoms with Gasteiger partial charge in [0.05, 0.1) is 11.9 Å². The Hall–Kier alpha value is -1.40. The molecule has 1 atom stereocenters. The van der Waals surface area contributed by atoms with Gasteiger partial charge in [-0.15, -0.1) is 0 Å². The summed E-state index contributed by atoms with van der Waals surface area (Å²) in [5.41, 5.74) is 2.75. The Labute approximate surface area is 112 Å². The van der Waals surface area contributed by atoms with Gasteiger partial charge in [-0.3, -0.25) is 4.18 Å². The zero-order chi connectivity index (χ0) is 13.6. The van der Waals surface area contributed by atoms with Gasteiger partial charge in [0.15, 0.2) is 0 Å². The van der Waals surface area contributed by atoms with Crippen LogP contribution in [0.2, 0.25) is 0 Å². The van der Waals surface area contributed by atoms with Crippen molar-refractivity contribution in [2.24, 2.45) is 0 Å². The van der Waals surface area contributed by atoms with E-state index in [9.17, 15) is 8.42 Å². The molecule has 6 heteroatoms. The number of aromatic nitrogens is 2. The summed E-state index contributed by atoms with van der Waals surface area (Å²) < 4.78 is 29.1. The van der Waals surface area contributed by atoms with Crippen molar-refractivity contribution in [1.29, 1.82) is 0 Å². The van der Waals surface area contributed by atoms with Gasteiger partial charge < -0.3 is 4.40 Å². The maximum atomic E-state index is 11.1. The highest BCUT2D eigenvalue weighted by atomic mass is 32.2. The first-order valence-corrected chi connectivity index (χ1v) is 8.11. The lowest BCUT2D eigenvalue weighted by molar-refractivity contribution is 0.232. The predicted molar refractivity (Wildman–Crippen MR) is 71.5 cm³/mol. The molecular weight excluding hydrogens is 264 g/mol. The van der Waals surface area contributed by atoms with Gasteiger partial charge in [-0.05, 0) is 37.3 Å². The van der Waals surface area contributed by atoms with E-state index in [1.54, 1.807) is 6.92 Å². The van der Waals surface area contributed by atoms with E-state index in [1.165, 1.54) is 18.4 Å². The van der Waals surface area contributed by atoms with Gasteiger partial charge in [-0.2, -0.15) is 8.42 Å². The molecule has 0 saturated heterocycles. The lowest BCUT2D eigenvalue weighted by atomic mass is 10.2. The molecule has 0 amide bonds. The van der Waals surface area contributed by atoms with Gasteiger partial charge in [0.2, 0.25) is 0 Å². The molecule has 1 aliphatic carbocycles. The molecular formula is C13H16N2O3S. The summed E-state index contributed by atoms with van der Waals surface area (Å²) in [7, 11) is -3.47. The summed E-state index contributed by atoms with van der Waals surface area (Å²) >= 11 is 0. The Bertz CT molecular complexity index is 717. The summed E-state index contributed by atoms with van der Waals surface area (Å²) in [6.45, 7) is 1.69. The van der Waals surface area contributed by atoms with Crippen LogP contribution in [0.4, 0.5) is 0 Å². The van der Waals surface area contributed by atoms with Crippen molar-refractivity contribution in [3.8, 4) is 0 Å². The number of imidazole rings is 1. The zero-order valence-corrected chi connectivity index (χ0v) is 11.7. The number of hydrogen-bond donors (Lipinski definition) is 0. The fourth-order valence-corrected chi connectivity index (χ4v) is 2.82. The smallest absolute Gasteiger partial charge is 0.265 e. The van der Waals surface area contributed by atoms with E-state index in [0.29, 0.717) is 11.6 Å². The third-order valence-electron chi connectivity index (χ3n) is 3.28. The van der Waals surface area contributed by atoms with Gasteiger partial charge >= 0.3 is 0 Å². The van der Waals surface area contributed by atoms with Crippen molar-refractivity contribution in [2.45, 2.75) is 31.8 Å². The average Bonchev–Trinajstić information content (AvgIpc) is 3.05. The highest BCUT2D eigenvalue weighted by molar-refractivity contribution is 7.86. The molecule has 0 N–H and O–H groups in total. The molecule has 0 aliphatic heterocycles. The van der Waals surface area contributed by atoms with Crippen LogP contribution in [0.15, 0.2) is 24.5 Å². The van der Waals surface area contributed by atoms with E-state index < -0.39 is 16.2 Å². The number of hydrogen-bond acceptors (Lipinski definition) is 4. The fourth-order valence-electron chi connectivity index (χ4n) is 2.19. The van der Waals surface area contributed by atoms with Gasteiger partial charge in [0, 0.05) is 12.4 Å². The summed E-state index contributed by atoms with van der Waals surface area (Å²) in [5, 5.41) is 0. The Morgan fingerprint density at radius 3 is 2.74 bits per heavy atom. The van der Waals surface area contributed by atoms with Gasteiger partial charge in [0.1, 0.15) is 11.8 Å². The zero-order valence-electron chi connectivity index (χ0n) is 10.9. The molecule has 0 radical (unpaired) electrons. The van der Waals surface area contributed by atoms with E-state index in [-0.39, 0.29) is 0 Å². The highest BCUT2D eigenvalue weighted by Gasteiger charge is 2.24. The fraction of sp³-hybridized carbons (Fsp3) is 0.462. The van der Waals surface area contributed by atoms with Crippen LogP contribution in [0.25, 0.3) is 5.65 Å². The third-order valence-corrected chi connectivity index (χ3v) is 3.92. The molecule has 0 spiro atoms. The second-order valence-corrected chi connectivity index (χ2v) is 6.71. The van der Waals surface area contributed by atoms with E-state index in [2.05, 4.69) is 17.2 Å². The van der Waals surface area contributed by atoms with E-state index >= 15 is 0 Å². The molecule has 2 aromatic heterocycles.